The summed E-state index contributed by atoms with van der Waals surface area (Å²) in [6.07, 6.45) is 1.33. The fourth-order valence-corrected chi connectivity index (χ4v) is 1.59. The lowest BCUT2D eigenvalue weighted by Gasteiger charge is -2.12. The summed E-state index contributed by atoms with van der Waals surface area (Å²) >= 11 is 0. The number of amides is 2. The van der Waals surface area contributed by atoms with Crippen LogP contribution < -0.4 is 16.4 Å². The molecule has 19 heavy (non-hydrogen) atoms. The SMILES string of the molecule is CCCNC(=O)CNC(=O)[C@H](N)Cc1ccccc1. The summed E-state index contributed by atoms with van der Waals surface area (Å²) in [5.74, 6) is -0.502. The average Bonchev–Trinajstić information content (AvgIpc) is 2.43. The van der Waals surface area contributed by atoms with Crippen molar-refractivity contribution < 1.29 is 9.59 Å². The zero-order valence-electron chi connectivity index (χ0n) is 11.2. The van der Waals surface area contributed by atoms with Gasteiger partial charge in [0.05, 0.1) is 12.6 Å². The van der Waals surface area contributed by atoms with Crippen LogP contribution in [0.3, 0.4) is 0 Å². The lowest BCUT2D eigenvalue weighted by atomic mass is 10.1. The predicted molar refractivity (Wildman–Crippen MR) is 74.4 cm³/mol. The third-order valence-electron chi connectivity index (χ3n) is 2.63. The number of carbonyl (C=O) groups excluding carboxylic acids is 2. The van der Waals surface area contributed by atoms with Crippen LogP contribution in [0.4, 0.5) is 0 Å². The van der Waals surface area contributed by atoms with Crippen LogP contribution in [0.25, 0.3) is 0 Å². The van der Waals surface area contributed by atoms with Crippen LogP contribution in [0.2, 0.25) is 0 Å². The quantitative estimate of drug-likeness (QED) is 0.657. The summed E-state index contributed by atoms with van der Waals surface area (Å²) in [4.78, 5) is 23.0. The summed E-state index contributed by atoms with van der Waals surface area (Å²) in [6.45, 7) is 2.56. The van der Waals surface area contributed by atoms with E-state index in [-0.39, 0.29) is 18.4 Å². The molecule has 0 bridgehead atoms. The van der Waals surface area contributed by atoms with Gasteiger partial charge in [-0.3, -0.25) is 9.59 Å². The molecule has 0 fully saturated rings. The van der Waals surface area contributed by atoms with Crippen molar-refractivity contribution in [1.29, 1.82) is 0 Å². The van der Waals surface area contributed by atoms with Gasteiger partial charge in [0.15, 0.2) is 0 Å². The maximum absolute atomic E-state index is 11.7. The highest BCUT2D eigenvalue weighted by Gasteiger charge is 2.14. The van der Waals surface area contributed by atoms with E-state index in [0.29, 0.717) is 13.0 Å². The molecule has 1 aromatic carbocycles. The molecule has 0 aliphatic heterocycles. The molecule has 5 heteroatoms. The first kappa shape index (κ1) is 15.2. The van der Waals surface area contributed by atoms with Crippen LogP contribution in [-0.4, -0.2) is 30.9 Å². The van der Waals surface area contributed by atoms with Gasteiger partial charge in [0.1, 0.15) is 0 Å². The maximum atomic E-state index is 11.7. The molecule has 0 spiro atoms. The molecule has 2 amide bonds. The smallest absolute Gasteiger partial charge is 0.239 e. The number of nitrogens with two attached hydrogens (primary N) is 1. The van der Waals surface area contributed by atoms with Crippen LogP contribution in [0.5, 0.6) is 0 Å². The highest BCUT2D eigenvalue weighted by molar-refractivity contribution is 5.87. The van der Waals surface area contributed by atoms with E-state index in [1.807, 2.05) is 37.3 Å². The Morgan fingerprint density at radius 3 is 2.53 bits per heavy atom. The van der Waals surface area contributed by atoms with Crippen molar-refractivity contribution in [2.75, 3.05) is 13.1 Å². The summed E-state index contributed by atoms with van der Waals surface area (Å²) in [5, 5.41) is 5.22. The van der Waals surface area contributed by atoms with Crippen molar-refractivity contribution in [2.45, 2.75) is 25.8 Å². The highest BCUT2D eigenvalue weighted by atomic mass is 16.2. The van der Waals surface area contributed by atoms with E-state index in [4.69, 9.17) is 5.73 Å². The van der Waals surface area contributed by atoms with Crippen molar-refractivity contribution in [3.8, 4) is 0 Å². The first-order chi connectivity index (χ1) is 9.13. The third kappa shape index (κ3) is 6.01. The Balaban J connectivity index is 2.31. The van der Waals surface area contributed by atoms with E-state index in [1.165, 1.54) is 0 Å². The molecule has 0 heterocycles. The molecule has 1 atom stereocenters. The lowest BCUT2D eigenvalue weighted by Crippen LogP contribution is -2.45. The van der Waals surface area contributed by atoms with Gasteiger partial charge in [0.2, 0.25) is 11.8 Å². The summed E-state index contributed by atoms with van der Waals surface area (Å²) in [5.41, 5.74) is 6.79. The zero-order valence-corrected chi connectivity index (χ0v) is 11.2. The van der Waals surface area contributed by atoms with Crippen molar-refractivity contribution in [2.24, 2.45) is 5.73 Å². The predicted octanol–water partition coefficient (Wildman–Crippen LogP) is 0.199. The van der Waals surface area contributed by atoms with Gasteiger partial charge >= 0.3 is 0 Å². The fraction of sp³-hybridized carbons (Fsp3) is 0.429. The molecule has 104 valence electrons. The maximum Gasteiger partial charge on any atom is 0.239 e. The summed E-state index contributed by atoms with van der Waals surface area (Å²) in [7, 11) is 0. The molecule has 0 radical (unpaired) electrons. The first-order valence-corrected chi connectivity index (χ1v) is 6.47. The molecule has 4 N–H and O–H groups in total. The first-order valence-electron chi connectivity index (χ1n) is 6.47. The average molecular weight is 263 g/mol. The van der Waals surface area contributed by atoms with Crippen LogP contribution in [0, 0.1) is 0 Å². The molecule has 1 rings (SSSR count). The van der Waals surface area contributed by atoms with Crippen LogP contribution in [0.15, 0.2) is 30.3 Å². The summed E-state index contributed by atoms with van der Waals surface area (Å²) < 4.78 is 0. The third-order valence-corrected chi connectivity index (χ3v) is 2.63. The topological polar surface area (TPSA) is 84.2 Å². The number of hydrogen-bond donors (Lipinski definition) is 3. The normalized spacial score (nSPS) is 11.7. The molecule has 1 aromatic rings. The molecule has 0 aliphatic carbocycles. The van der Waals surface area contributed by atoms with E-state index in [0.717, 1.165) is 12.0 Å². The van der Waals surface area contributed by atoms with E-state index in [9.17, 15) is 9.59 Å². The fourth-order valence-electron chi connectivity index (χ4n) is 1.59. The molecular weight excluding hydrogens is 242 g/mol. The molecule has 0 saturated heterocycles. The Hall–Kier alpha value is -1.88. The Morgan fingerprint density at radius 1 is 1.21 bits per heavy atom. The summed E-state index contributed by atoms with van der Waals surface area (Å²) in [6, 6.07) is 8.91. The minimum atomic E-state index is -0.638. The highest BCUT2D eigenvalue weighted by Crippen LogP contribution is 2.01. The number of nitrogens with one attached hydrogen (secondary N) is 2. The number of rotatable bonds is 7. The van der Waals surface area contributed by atoms with Gasteiger partial charge in [-0.25, -0.2) is 0 Å². The molecule has 0 aliphatic rings. The minimum absolute atomic E-state index is 0.0265. The second kappa shape index (κ2) is 8.26. The van der Waals surface area contributed by atoms with E-state index >= 15 is 0 Å². The van der Waals surface area contributed by atoms with E-state index in [1.54, 1.807) is 0 Å². The van der Waals surface area contributed by atoms with Crippen molar-refractivity contribution in [3.05, 3.63) is 35.9 Å². The van der Waals surface area contributed by atoms with Gasteiger partial charge < -0.3 is 16.4 Å². The van der Waals surface area contributed by atoms with Gasteiger partial charge in [-0.15, -0.1) is 0 Å². The van der Waals surface area contributed by atoms with Crippen molar-refractivity contribution >= 4 is 11.8 Å². The monoisotopic (exact) mass is 263 g/mol. The minimum Gasteiger partial charge on any atom is -0.355 e. The van der Waals surface area contributed by atoms with Gasteiger partial charge in [-0.1, -0.05) is 37.3 Å². The number of benzene rings is 1. The van der Waals surface area contributed by atoms with Crippen LogP contribution >= 0.6 is 0 Å². The molecule has 0 aromatic heterocycles. The number of hydrogen-bond acceptors (Lipinski definition) is 3. The second-order valence-corrected chi connectivity index (χ2v) is 4.36. The van der Waals surface area contributed by atoms with Gasteiger partial charge in [0.25, 0.3) is 0 Å². The number of carbonyl (C=O) groups is 2. The second-order valence-electron chi connectivity index (χ2n) is 4.36. The van der Waals surface area contributed by atoms with Gasteiger partial charge in [-0.05, 0) is 18.4 Å². The van der Waals surface area contributed by atoms with Gasteiger partial charge in [-0.2, -0.15) is 0 Å². The lowest BCUT2D eigenvalue weighted by molar-refractivity contribution is -0.126. The largest absolute Gasteiger partial charge is 0.355 e. The Bertz CT molecular complexity index is 406. The van der Waals surface area contributed by atoms with Crippen molar-refractivity contribution in [3.63, 3.8) is 0 Å². The molecule has 5 nitrogen and oxygen atoms in total. The van der Waals surface area contributed by atoms with Crippen LogP contribution in [-0.2, 0) is 16.0 Å². The molecule has 0 saturated carbocycles. The Labute approximate surface area is 113 Å². The van der Waals surface area contributed by atoms with E-state index in [2.05, 4.69) is 10.6 Å². The van der Waals surface area contributed by atoms with Crippen molar-refractivity contribution in [1.82, 2.24) is 10.6 Å². The van der Waals surface area contributed by atoms with E-state index < -0.39 is 6.04 Å². The standard InChI is InChI=1S/C14H21N3O2/c1-2-8-16-13(18)10-17-14(19)12(15)9-11-6-4-3-5-7-11/h3-7,12H,2,8-10,15H2,1H3,(H,16,18)(H,17,19)/t12-/m1/s1. The Kier molecular flexibility index (Phi) is 6.60. The molecular formula is C14H21N3O2. The van der Waals surface area contributed by atoms with Crippen LogP contribution in [0.1, 0.15) is 18.9 Å². The zero-order chi connectivity index (χ0) is 14.1. The Morgan fingerprint density at radius 2 is 1.89 bits per heavy atom. The van der Waals surface area contributed by atoms with Gasteiger partial charge in [0, 0.05) is 6.54 Å². The molecule has 0 unspecified atom stereocenters.